The van der Waals surface area contributed by atoms with Crippen molar-refractivity contribution in [3.8, 4) is 11.5 Å². The van der Waals surface area contributed by atoms with E-state index in [0.29, 0.717) is 24.4 Å². The van der Waals surface area contributed by atoms with Crippen LogP contribution in [0.5, 0.6) is 11.5 Å². The highest BCUT2D eigenvalue weighted by Crippen LogP contribution is 2.21. The molecule has 0 radical (unpaired) electrons. The van der Waals surface area contributed by atoms with E-state index < -0.39 is 0 Å². The second-order valence-corrected chi connectivity index (χ2v) is 6.77. The average molecular weight is 394 g/mol. The molecule has 1 aromatic carbocycles. The van der Waals surface area contributed by atoms with Crippen molar-refractivity contribution in [1.29, 1.82) is 0 Å². The van der Waals surface area contributed by atoms with Gasteiger partial charge in [-0.25, -0.2) is 4.98 Å². The van der Waals surface area contributed by atoms with Gasteiger partial charge in [0, 0.05) is 12.2 Å². The number of carbonyl (C=O) groups excluding carboxylic acids is 2. The zero-order chi connectivity index (χ0) is 20.2. The maximum Gasteiger partial charge on any atom is 0.287 e. The van der Waals surface area contributed by atoms with Crippen molar-refractivity contribution in [2.45, 2.75) is 18.9 Å². The number of methoxy groups -OCH3 is 1. The van der Waals surface area contributed by atoms with E-state index >= 15 is 0 Å². The van der Waals surface area contributed by atoms with E-state index in [1.807, 2.05) is 6.07 Å². The lowest BCUT2D eigenvalue weighted by Crippen LogP contribution is -2.30. The first-order valence-corrected chi connectivity index (χ1v) is 9.48. The van der Waals surface area contributed by atoms with Crippen molar-refractivity contribution in [2.24, 2.45) is 0 Å². The van der Waals surface area contributed by atoms with E-state index in [0.717, 1.165) is 18.6 Å². The molecule has 1 aliphatic rings. The third-order valence-electron chi connectivity index (χ3n) is 4.59. The number of carbonyl (C=O) groups is 2. The molecule has 1 aliphatic carbocycles. The molecule has 4 rings (SSSR count). The molecule has 2 aromatic heterocycles. The highest BCUT2D eigenvalue weighted by Gasteiger charge is 2.27. The second kappa shape index (κ2) is 8.22. The molecule has 2 N–H and O–H groups in total. The Bertz CT molecular complexity index is 1020. The maximum atomic E-state index is 12.6. The van der Waals surface area contributed by atoms with Crippen LogP contribution in [0.1, 0.15) is 33.9 Å². The van der Waals surface area contributed by atoms with Crippen LogP contribution in [-0.2, 0) is 0 Å². The topological polar surface area (TPSA) is 94.0 Å². The minimum atomic E-state index is -0.366. The summed E-state index contributed by atoms with van der Waals surface area (Å²) in [5.74, 6) is 0.989. The zero-order valence-corrected chi connectivity index (χ0v) is 16.1. The Morgan fingerprint density at radius 3 is 2.59 bits per heavy atom. The van der Waals surface area contributed by atoms with E-state index in [2.05, 4.69) is 15.6 Å². The summed E-state index contributed by atoms with van der Waals surface area (Å²) < 4.78 is 12.3. The first kappa shape index (κ1) is 18.8. The van der Waals surface area contributed by atoms with Gasteiger partial charge in [0.15, 0.2) is 5.69 Å². The van der Waals surface area contributed by atoms with Gasteiger partial charge in [0.2, 0.25) is 5.82 Å². The van der Waals surface area contributed by atoms with E-state index in [9.17, 15) is 9.59 Å². The minimum Gasteiger partial charge on any atom is -0.497 e. The van der Waals surface area contributed by atoms with Gasteiger partial charge in [-0.15, -0.1) is 0 Å². The summed E-state index contributed by atoms with van der Waals surface area (Å²) in [7, 11) is 1.60. The molecule has 8 nitrogen and oxygen atoms in total. The molecule has 1 saturated carbocycles. The number of rotatable bonds is 8. The minimum absolute atomic E-state index is 0.172. The van der Waals surface area contributed by atoms with Crippen molar-refractivity contribution in [3.05, 3.63) is 60.2 Å². The van der Waals surface area contributed by atoms with Crippen molar-refractivity contribution < 1.29 is 19.1 Å². The van der Waals surface area contributed by atoms with Gasteiger partial charge in [0.05, 0.1) is 19.2 Å². The Balaban J connectivity index is 1.39. The molecule has 0 aliphatic heterocycles. The van der Waals surface area contributed by atoms with Crippen molar-refractivity contribution in [1.82, 2.24) is 20.0 Å². The average Bonchev–Trinajstić information content (AvgIpc) is 3.48. The third-order valence-corrected chi connectivity index (χ3v) is 4.59. The Morgan fingerprint density at radius 2 is 1.86 bits per heavy atom. The van der Waals surface area contributed by atoms with Gasteiger partial charge in [-0.05, 0) is 49.2 Å². The Labute approximate surface area is 167 Å². The Hall–Kier alpha value is -3.55. The lowest BCUT2D eigenvalue weighted by molar-refractivity contribution is 0.0936. The summed E-state index contributed by atoms with van der Waals surface area (Å²) in [4.78, 5) is 29.4. The molecule has 8 heteroatoms. The van der Waals surface area contributed by atoms with Gasteiger partial charge in [-0.3, -0.25) is 14.0 Å². The number of imidazole rings is 1. The molecular weight excluding hydrogens is 372 g/mol. The molecule has 150 valence electrons. The molecule has 3 aromatic rings. The fraction of sp³-hybridized carbons (Fsp3) is 0.286. The summed E-state index contributed by atoms with van der Waals surface area (Å²) in [5.41, 5.74) is 0.863. The molecule has 0 unspecified atom stereocenters. The zero-order valence-electron chi connectivity index (χ0n) is 16.1. The molecule has 29 heavy (non-hydrogen) atoms. The Morgan fingerprint density at radius 1 is 1.10 bits per heavy atom. The summed E-state index contributed by atoms with van der Waals surface area (Å²) in [6.45, 7) is 0.604. The van der Waals surface area contributed by atoms with E-state index in [4.69, 9.17) is 9.47 Å². The van der Waals surface area contributed by atoms with Crippen molar-refractivity contribution in [2.75, 3.05) is 20.3 Å². The number of nitrogens with zero attached hydrogens (tertiary/aromatic N) is 2. The number of fused-ring (bicyclic) bond motifs is 1. The number of ether oxygens (including phenoxy) is 2. The first-order chi connectivity index (χ1) is 14.2. The molecule has 2 amide bonds. The van der Waals surface area contributed by atoms with Gasteiger partial charge in [-0.1, -0.05) is 6.07 Å². The van der Waals surface area contributed by atoms with Crippen LogP contribution < -0.4 is 20.1 Å². The van der Waals surface area contributed by atoms with Crippen LogP contribution in [0.15, 0.2) is 48.7 Å². The van der Waals surface area contributed by atoms with Crippen molar-refractivity contribution >= 4 is 17.3 Å². The van der Waals surface area contributed by atoms with Gasteiger partial charge >= 0.3 is 0 Å². The molecule has 0 bridgehead atoms. The summed E-state index contributed by atoms with van der Waals surface area (Å²) in [6.07, 6.45) is 3.69. The lowest BCUT2D eigenvalue weighted by atomic mass is 10.3. The van der Waals surface area contributed by atoms with Crippen LogP contribution in [0, 0.1) is 0 Å². The van der Waals surface area contributed by atoms with Crippen LogP contribution in [0.3, 0.4) is 0 Å². The molecule has 0 saturated heterocycles. The maximum absolute atomic E-state index is 12.6. The smallest absolute Gasteiger partial charge is 0.287 e. The predicted molar refractivity (Wildman–Crippen MR) is 107 cm³/mol. The molecule has 1 fully saturated rings. The van der Waals surface area contributed by atoms with Gasteiger partial charge in [0.1, 0.15) is 18.1 Å². The van der Waals surface area contributed by atoms with Crippen LogP contribution in [0.2, 0.25) is 0 Å². The molecular formula is C21H22N4O4. The number of hydrogen-bond acceptors (Lipinski definition) is 5. The number of benzene rings is 1. The van der Waals surface area contributed by atoms with Crippen LogP contribution in [0.25, 0.3) is 5.52 Å². The lowest BCUT2D eigenvalue weighted by Gasteiger charge is -2.08. The number of nitrogens with one attached hydrogen (secondary N) is 2. The normalized spacial score (nSPS) is 13.1. The van der Waals surface area contributed by atoms with Crippen LogP contribution in [0.4, 0.5) is 0 Å². The highest BCUT2D eigenvalue weighted by molar-refractivity contribution is 6.02. The van der Waals surface area contributed by atoms with E-state index in [-0.39, 0.29) is 29.4 Å². The standard InChI is InChI=1S/C21H22N4O4/c1-28-15-7-9-16(10-8-15)29-13-11-22-21(27)19-24-18(20(26)23-14-5-6-14)17-4-2-3-12-25(17)19/h2-4,7-10,12,14H,5-6,11,13H2,1H3,(H,22,27)(H,23,26). The summed E-state index contributed by atoms with van der Waals surface area (Å²) in [5, 5.41) is 5.70. The number of aromatic nitrogens is 2. The van der Waals surface area contributed by atoms with Crippen LogP contribution >= 0.6 is 0 Å². The van der Waals surface area contributed by atoms with Gasteiger partial charge in [0.25, 0.3) is 11.8 Å². The number of amides is 2. The molecule has 2 heterocycles. The predicted octanol–water partition coefficient (Wildman–Crippen LogP) is 2.04. The third kappa shape index (κ3) is 4.31. The van der Waals surface area contributed by atoms with E-state index in [1.165, 1.54) is 0 Å². The summed E-state index contributed by atoms with van der Waals surface area (Å²) in [6, 6.07) is 12.8. The fourth-order valence-electron chi connectivity index (χ4n) is 2.93. The SMILES string of the molecule is COc1ccc(OCCNC(=O)c2nc(C(=O)NC3CC3)c3ccccn23)cc1. The summed E-state index contributed by atoms with van der Waals surface area (Å²) >= 11 is 0. The number of pyridine rings is 1. The number of hydrogen-bond donors (Lipinski definition) is 2. The Kier molecular flexibility index (Phi) is 5.33. The van der Waals surface area contributed by atoms with Crippen molar-refractivity contribution in [3.63, 3.8) is 0 Å². The van der Waals surface area contributed by atoms with Crippen LogP contribution in [-0.4, -0.2) is 47.5 Å². The fourth-order valence-corrected chi connectivity index (χ4v) is 2.93. The first-order valence-electron chi connectivity index (χ1n) is 9.48. The van der Waals surface area contributed by atoms with Gasteiger partial charge < -0.3 is 20.1 Å². The molecule has 0 spiro atoms. The monoisotopic (exact) mass is 394 g/mol. The molecule has 0 atom stereocenters. The second-order valence-electron chi connectivity index (χ2n) is 6.77. The van der Waals surface area contributed by atoms with E-state index in [1.54, 1.807) is 54.1 Å². The quantitative estimate of drug-likeness (QED) is 0.571. The van der Waals surface area contributed by atoms with Gasteiger partial charge in [-0.2, -0.15) is 0 Å². The largest absolute Gasteiger partial charge is 0.497 e. The highest BCUT2D eigenvalue weighted by atomic mass is 16.5.